The van der Waals surface area contributed by atoms with Crippen molar-refractivity contribution in [3.05, 3.63) is 6.07 Å². The summed E-state index contributed by atoms with van der Waals surface area (Å²) in [6.45, 7) is 2.18. The minimum atomic E-state index is 0.443. The van der Waals surface area contributed by atoms with E-state index in [-0.39, 0.29) is 0 Å². The summed E-state index contributed by atoms with van der Waals surface area (Å²) in [6, 6.07) is 1.92. The molecule has 5 heteroatoms. The number of aromatic nitrogens is 2. The fraction of sp³-hybridized carbons (Fsp3) is 0.692. The first-order valence-corrected chi connectivity index (χ1v) is 6.47. The van der Waals surface area contributed by atoms with Gasteiger partial charge in [-0.2, -0.15) is 0 Å². The Labute approximate surface area is 107 Å². The molecular weight excluding hydrogens is 230 g/mol. The summed E-state index contributed by atoms with van der Waals surface area (Å²) in [4.78, 5) is 2.31. The molecule has 1 saturated heterocycles. The van der Waals surface area contributed by atoms with Crippen LogP contribution in [0, 0.1) is 5.41 Å². The van der Waals surface area contributed by atoms with Gasteiger partial charge in [0.05, 0.1) is 14.2 Å². The molecule has 0 atom stereocenters. The van der Waals surface area contributed by atoms with Gasteiger partial charge in [0.25, 0.3) is 5.88 Å². The maximum absolute atomic E-state index is 5.27. The van der Waals surface area contributed by atoms with E-state index in [1.54, 1.807) is 14.2 Å². The Bertz CT molecular complexity index is 446. The number of rotatable bonds is 3. The van der Waals surface area contributed by atoms with Crippen molar-refractivity contribution in [3.63, 3.8) is 0 Å². The molecule has 1 aliphatic carbocycles. The summed E-state index contributed by atoms with van der Waals surface area (Å²) >= 11 is 0. The Morgan fingerprint density at radius 1 is 1.17 bits per heavy atom. The molecule has 1 saturated carbocycles. The zero-order valence-electron chi connectivity index (χ0n) is 11.0. The highest BCUT2D eigenvalue weighted by Gasteiger charge is 2.43. The third-order valence-electron chi connectivity index (χ3n) is 4.30. The van der Waals surface area contributed by atoms with Crippen LogP contribution in [0.15, 0.2) is 6.07 Å². The second kappa shape index (κ2) is 4.30. The smallest absolute Gasteiger partial charge is 0.276 e. The predicted octanol–water partition coefficient (Wildman–Crippen LogP) is 1.87. The molecule has 1 aromatic heterocycles. The first-order chi connectivity index (χ1) is 8.76. The molecular formula is C13H19N3O2. The fourth-order valence-electron chi connectivity index (χ4n) is 3.01. The van der Waals surface area contributed by atoms with E-state index in [2.05, 4.69) is 15.1 Å². The molecule has 2 heterocycles. The van der Waals surface area contributed by atoms with Crippen LogP contribution in [0.3, 0.4) is 0 Å². The van der Waals surface area contributed by atoms with Crippen molar-refractivity contribution in [2.45, 2.75) is 25.7 Å². The molecule has 0 amide bonds. The number of hydrogen-bond acceptors (Lipinski definition) is 5. The monoisotopic (exact) mass is 249 g/mol. The maximum atomic E-state index is 5.27. The average molecular weight is 249 g/mol. The van der Waals surface area contributed by atoms with Crippen molar-refractivity contribution >= 4 is 5.82 Å². The Morgan fingerprint density at radius 2 is 2.00 bits per heavy atom. The van der Waals surface area contributed by atoms with Crippen molar-refractivity contribution < 1.29 is 9.47 Å². The van der Waals surface area contributed by atoms with Gasteiger partial charge in [-0.05, 0) is 24.7 Å². The Balaban J connectivity index is 1.80. The number of nitrogens with zero attached hydrogens (tertiary/aromatic N) is 3. The van der Waals surface area contributed by atoms with E-state index in [0.29, 0.717) is 17.0 Å². The third kappa shape index (κ3) is 1.78. The maximum Gasteiger partial charge on any atom is 0.276 e. The summed E-state index contributed by atoms with van der Waals surface area (Å²) in [5, 5.41) is 8.30. The standard InChI is InChI=1S/C13H19N3O2/c1-17-10-8-11(14-15-12(10)18-2)16-7-6-13(9-16)4-3-5-13/h8H,3-7,9H2,1-2H3. The van der Waals surface area contributed by atoms with Gasteiger partial charge in [0.15, 0.2) is 11.6 Å². The second-order valence-electron chi connectivity index (χ2n) is 5.31. The van der Waals surface area contributed by atoms with Crippen LogP contribution in [0.2, 0.25) is 0 Å². The van der Waals surface area contributed by atoms with E-state index in [1.165, 1.54) is 25.7 Å². The molecule has 18 heavy (non-hydrogen) atoms. The molecule has 98 valence electrons. The molecule has 1 aliphatic heterocycles. The number of anilines is 1. The van der Waals surface area contributed by atoms with E-state index in [0.717, 1.165) is 18.9 Å². The lowest BCUT2D eigenvalue weighted by molar-refractivity contribution is 0.165. The minimum absolute atomic E-state index is 0.443. The van der Waals surface area contributed by atoms with Crippen molar-refractivity contribution in [3.8, 4) is 11.6 Å². The van der Waals surface area contributed by atoms with Crippen LogP contribution in [0.5, 0.6) is 11.6 Å². The summed E-state index contributed by atoms with van der Waals surface area (Å²) in [5.74, 6) is 1.99. The molecule has 1 spiro atoms. The molecule has 2 fully saturated rings. The molecule has 0 bridgehead atoms. The van der Waals surface area contributed by atoms with Gasteiger partial charge in [0.1, 0.15) is 0 Å². The zero-order valence-corrected chi connectivity index (χ0v) is 11.0. The number of hydrogen-bond donors (Lipinski definition) is 0. The first-order valence-electron chi connectivity index (χ1n) is 6.47. The molecule has 0 N–H and O–H groups in total. The number of methoxy groups -OCH3 is 2. The lowest BCUT2D eigenvalue weighted by atomic mass is 9.68. The van der Waals surface area contributed by atoms with Gasteiger partial charge in [-0.15, -0.1) is 10.2 Å². The van der Waals surface area contributed by atoms with Crippen LogP contribution in [-0.2, 0) is 0 Å². The average Bonchev–Trinajstić information content (AvgIpc) is 2.83. The third-order valence-corrected chi connectivity index (χ3v) is 4.30. The summed E-state index contributed by atoms with van der Waals surface area (Å²) < 4.78 is 10.4. The van der Waals surface area contributed by atoms with Crippen LogP contribution in [-0.4, -0.2) is 37.5 Å². The largest absolute Gasteiger partial charge is 0.491 e. The zero-order chi connectivity index (χ0) is 12.6. The lowest BCUT2D eigenvalue weighted by Crippen LogP contribution is -2.33. The van der Waals surface area contributed by atoms with Crippen LogP contribution < -0.4 is 14.4 Å². The Hall–Kier alpha value is -1.52. The van der Waals surface area contributed by atoms with Gasteiger partial charge in [-0.1, -0.05) is 6.42 Å². The van der Waals surface area contributed by atoms with Crippen LogP contribution in [0.25, 0.3) is 0 Å². The van der Waals surface area contributed by atoms with Gasteiger partial charge in [0.2, 0.25) is 0 Å². The SMILES string of the molecule is COc1cc(N2CCC3(CCC3)C2)nnc1OC. The summed E-state index contributed by atoms with van der Waals surface area (Å²) in [5.41, 5.74) is 0.564. The van der Waals surface area contributed by atoms with Crippen molar-refractivity contribution in [2.75, 3.05) is 32.2 Å². The second-order valence-corrected chi connectivity index (χ2v) is 5.31. The van der Waals surface area contributed by atoms with Crippen LogP contribution in [0.1, 0.15) is 25.7 Å². The van der Waals surface area contributed by atoms with Gasteiger partial charge >= 0.3 is 0 Å². The van der Waals surface area contributed by atoms with Gasteiger partial charge in [-0.25, -0.2) is 0 Å². The van der Waals surface area contributed by atoms with Crippen molar-refractivity contribution in [1.29, 1.82) is 0 Å². The normalized spacial score (nSPS) is 20.9. The van der Waals surface area contributed by atoms with E-state index in [9.17, 15) is 0 Å². The highest BCUT2D eigenvalue weighted by Crippen LogP contribution is 2.48. The molecule has 0 aromatic carbocycles. The van der Waals surface area contributed by atoms with Gasteiger partial charge < -0.3 is 14.4 Å². The first kappa shape index (κ1) is 11.6. The van der Waals surface area contributed by atoms with E-state index in [1.807, 2.05) is 6.07 Å². The Morgan fingerprint density at radius 3 is 2.56 bits per heavy atom. The Kier molecular flexibility index (Phi) is 2.76. The molecule has 1 aromatic rings. The summed E-state index contributed by atoms with van der Waals surface area (Å²) in [7, 11) is 3.20. The van der Waals surface area contributed by atoms with Gasteiger partial charge in [0, 0.05) is 19.2 Å². The lowest BCUT2D eigenvalue weighted by Gasteiger charge is -2.38. The topological polar surface area (TPSA) is 47.5 Å². The van der Waals surface area contributed by atoms with Crippen molar-refractivity contribution in [1.82, 2.24) is 10.2 Å². The molecule has 0 radical (unpaired) electrons. The predicted molar refractivity (Wildman–Crippen MR) is 68.3 cm³/mol. The molecule has 3 rings (SSSR count). The van der Waals surface area contributed by atoms with Gasteiger partial charge in [-0.3, -0.25) is 0 Å². The van der Waals surface area contributed by atoms with Crippen LogP contribution >= 0.6 is 0 Å². The minimum Gasteiger partial charge on any atom is -0.491 e. The molecule has 2 aliphatic rings. The number of ether oxygens (including phenoxy) is 2. The molecule has 0 unspecified atom stereocenters. The quantitative estimate of drug-likeness (QED) is 0.818. The van der Waals surface area contributed by atoms with E-state index in [4.69, 9.17) is 9.47 Å². The highest BCUT2D eigenvalue weighted by atomic mass is 16.5. The molecule has 5 nitrogen and oxygen atoms in total. The highest BCUT2D eigenvalue weighted by molar-refractivity contribution is 5.48. The fourth-order valence-corrected chi connectivity index (χ4v) is 3.01. The van der Waals surface area contributed by atoms with Crippen molar-refractivity contribution in [2.24, 2.45) is 5.41 Å². The van der Waals surface area contributed by atoms with Crippen LogP contribution in [0.4, 0.5) is 5.82 Å². The van der Waals surface area contributed by atoms with E-state index < -0.39 is 0 Å². The summed E-state index contributed by atoms with van der Waals surface area (Å²) in [6.07, 6.45) is 5.39. The van der Waals surface area contributed by atoms with E-state index >= 15 is 0 Å².